The number of nitro groups is 2. The van der Waals surface area contributed by atoms with Gasteiger partial charge in [-0.3, -0.25) is 20.2 Å². The molecule has 8 nitrogen and oxygen atoms in total. The molecule has 2 N–H and O–H groups in total. The average Bonchev–Trinajstić information content (AvgIpc) is 2.41. The summed E-state index contributed by atoms with van der Waals surface area (Å²) >= 11 is 0. The number of nitrogens with one attached hydrogen (secondary N) is 1. The Bertz CT molecular complexity index is 534. The monoisotopic (exact) mass is 281 g/mol. The molecule has 0 radical (unpaired) electrons. The van der Waals surface area contributed by atoms with Crippen LogP contribution in [0.5, 0.6) is 0 Å². The van der Waals surface area contributed by atoms with Crippen molar-refractivity contribution in [3.63, 3.8) is 0 Å². The van der Waals surface area contributed by atoms with Gasteiger partial charge in [0, 0.05) is 6.07 Å². The Balaban J connectivity index is 2.26. The first-order valence-electron chi connectivity index (χ1n) is 6.36. The molecule has 2 rings (SSSR count). The SMILES string of the molecule is O=[N+]([O-])c1ccc(N[C@@H]2CCCC[C@H]2O)c([N+](=O)[O-])c1. The van der Waals surface area contributed by atoms with E-state index in [0.717, 1.165) is 25.3 Å². The van der Waals surface area contributed by atoms with Gasteiger partial charge in [0.2, 0.25) is 0 Å². The number of anilines is 1. The highest BCUT2D eigenvalue weighted by Gasteiger charge is 2.26. The summed E-state index contributed by atoms with van der Waals surface area (Å²) in [5.41, 5.74) is -0.477. The summed E-state index contributed by atoms with van der Waals surface area (Å²) in [4.78, 5) is 20.3. The van der Waals surface area contributed by atoms with Crippen LogP contribution in [-0.4, -0.2) is 27.1 Å². The Kier molecular flexibility index (Phi) is 4.14. The van der Waals surface area contributed by atoms with Gasteiger partial charge >= 0.3 is 0 Å². The van der Waals surface area contributed by atoms with Crippen molar-refractivity contribution in [3.05, 3.63) is 38.4 Å². The second kappa shape index (κ2) is 5.83. The van der Waals surface area contributed by atoms with Gasteiger partial charge in [0.05, 0.1) is 28.1 Å². The molecule has 0 saturated heterocycles. The molecule has 108 valence electrons. The summed E-state index contributed by atoms with van der Waals surface area (Å²) in [6, 6.07) is 3.20. The predicted molar refractivity (Wildman–Crippen MR) is 71.6 cm³/mol. The third-order valence-electron chi connectivity index (χ3n) is 3.46. The van der Waals surface area contributed by atoms with Crippen molar-refractivity contribution in [3.8, 4) is 0 Å². The minimum absolute atomic E-state index is 0.201. The van der Waals surface area contributed by atoms with Gasteiger partial charge in [0.25, 0.3) is 11.4 Å². The normalized spacial score (nSPS) is 22.2. The molecule has 1 aliphatic rings. The lowest BCUT2D eigenvalue weighted by Crippen LogP contribution is -2.36. The van der Waals surface area contributed by atoms with Gasteiger partial charge in [0.1, 0.15) is 5.69 Å². The summed E-state index contributed by atoms with van der Waals surface area (Å²) in [5, 5.41) is 34.4. The van der Waals surface area contributed by atoms with Crippen LogP contribution in [0.3, 0.4) is 0 Å². The summed E-state index contributed by atoms with van der Waals surface area (Å²) in [6.45, 7) is 0. The fourth-order valence-corrected chi connectivity index (χ4v) is 2.39. The third-order valence-corrected chi connectivity index (χ3v) is 3.46. The Hall–Kier alpha value is -2.22. The van der Waals surface area contributed by atoms with Crippen molar-refractivity contribution >= 4 is 17.1 Å². The molecule has 0 heterocycles. The van der Waals surface area contributed by atoms with E-state index in [2.05, 4.69) is 5.32 Å². The number of benzene rings is 1. The van der Waals surface area contributed by atoms with Crippen LogP contribution < -0.4 is 5.32 Å². The molecule has 20 heavy (non-hydrogen) atoms. The van der Waals surface area contributed by atoms with Crippen molar-refractivity contribution in [2.45, 2.75) is 37.8 Å². The molecule has 0 aromatic heterocycles. The number of hydrogen-bond donors (Lipinski definition) is 2. The van der Waals surface area contributed by atoms with Gasteiger partial charge in [-0.1, -0.05) is 12.8 Å². The smallest absolute Gasteiger partial charge is 0.299 e. The summed E-state index contributed by atoms with van der Waals surface area (Å²) in [7, 11) is 0. The van der Waals surface area contributed by atoms with E-state index in [1.54, 1.807) is 0 Å². The van der Waals surface area contributed by atoms with Crippen LogP contribution in [0.25, 0.3) is 0 Å². The predicted octanol–water partition coefficient (Wildman–Crippen LogP) is 2.22. The van der Waals surface area contributed by atoms with Gasteiger partial charge in [0.15, 0.2) is 0 Å². The maximum atomic E-state index is 11.0. The van der Waals surface area contributed by atoms with E-state index in [0.29, 0.717) is 6.42 Å². The Labute approximate surface area is 114 Å². The number of rotatable bonds is 4. The van der Waals surface area contributed by atoms with Crippen LogP contribution in [0.2, 0.25) is 0 Å². The molecule has 1 fully saturated rings. The van der Waals surface area contributed by atoms with Crippen LogP contribution in [-0.2, 0) is 0 Å². The molecule has 8 heteroatoms. The van der Waals surface area contributed by atoms with Crippen LogP contribution in [0.15, 0.2) is 18.2 Å². The molecular weight excluding hydrogens is 266 g/mol. The molecule has 1 aromatic rings. The number of nitrogens with zero attached hydrogens (tertiary/aromatic N) is 2. The lowest BCUT2D eigenvalue weighted by Gasteiger charge is -2.28. The minimum Gasteiger partial charge on any atom is -0.391 e. The summed E-state index contributed by atoms with van der Waals surface area (Å²) in [6.07, 6.45) is 2.68. The lowest BCUT2D eigenvalue weighted by molar-refractivity contribution is -0.393. The molecule has 1 aliphatic carbocycles. The largest absolute Gasteiger partial charge is 0.391 e. The number of aliphatic hydroxyl groups excluding tert-OH is 1. The first-order valence-corrected chi connectivity index (χ1v) is 6.36. The van der Waals surface area contributed by atoms with Crippen LogP contribution >= 0.6 is 0 Å². The summed E-state index contributed by atoms with van der Waals surface area (Å²) < 4.78 is 0. The molecular formula is C12H15N3O5. The van der Waals surface area contributed by atoms with E-state index in [1.165, 1.54) is 12.1 Å². The Morgan fingerprint density at radius 3 is 2.45 bits per heavy atom. The quantitative estimate of drug-likeness (QED) is 0.645. The highest BCUT2D eigenvalue weighted by molar-refractivity contribution is 5.65. The number of aliphatic hydroxyl groups is 1. The molecule has 2 atom stereocenters. The topological polar surface area (TPSA) is 119 Å². The van der Waals surface area contributed by atoms with E-state index in [-0.39, 0.29) is 23.1 Å². The van der Waals surface area contributed by atoms with Crippen LogP contribution in [0, 0.1) is 20.2 Å². The lowest BCUT2D eigenvalue weighted by atomic mass is 9.92. The van der Waals surface area contributed by atoms with Crippen molar-refractivity contribution < 1.29 is 15.0 Å². The van der Waals surface area contributed by atoms with E-state index >= 15 is 0 Å². The summed E-state index contributed by atoms with van der Waals surface area (Å²) in [5.74, 6) is 0. The van der Waals surface area contributed by atoms with Gasteiger partial charge in [-0.05, 0) is 18.9 Å². The van der Waals surface area contributed by atoms with E-state index < -0.39 is 16.0 Å². The zero-order valence-electron chi connectivity index (χ0n) is 10.7. The van der Waals surface area contributed by atoms with Crippen molar-refractivity contribution in [1.82, 2.24) is 0 Å². The van der Waals surface area contributed by atoms with Crippen molar-refractivity contribution in [2.75, 3.05) is 5.32 Å². The second-order valence-corrected chi connectivity index (χ2v) is 4.82. The first kappa shape index (κ1) is 14.2. The van der Waals surface area contributed by atoms with E-state index in [4.69, 9.17) is 0 Å². The number of hydrogen-bond acceptors (Lipinski definition) is 6. The zero-order chi connectivity index (χ0) is 14.7. The molecule has 0 spiro atoms. The molecule has 0 unspecified atom stereocenters. The van der Waals surface area contributed by atoms with Gasteiger partial charge < -0.3 is 10.4 Å². The highest BCUT2D eigenvalue weighted by Crippen LogP contribution is 2.31. The standard InChI is InChI=1S/C12H15N3O5/c16-12-4-2-1-3-10(12)13-9-6-5-8(14(17)18)7-11(9)15(19)20/h5-7,10,12-13,16H,1-4H2/t10-,12-/m1/s1. The maximum Gasteiger partial charge on any atom is 0.299 e. The van der Waals surface area contributed by atoms with Gasteiger partial charge in [-0.2, -0.15) is 0 Å². The number of nitro benzene ring substituents is 2. The van der Waals surface area contributed by atoms with E-state index in [9.17, 15) is 25.3 Å². The molecule has 1 aromatic carbocycles. The van der Waals surface area contributed by atoms with E-state index in [1.807, 2.05) is 0 Å². The fourth-order valence-electron chi connectivity index (χ4n) is 2.39. The van der Waals surface area contributed by atoms with Crippen LogP contribution in [0.1, 0.15) is 25.7 Å². The van der Waals surface area contributed by atoms with Crippen molar-refractivity contribution in [2.24, 2.45) is 0 Å². The van der Waals surface area contributed by atoms with Gasteiger partial charge in [-0.15, -0.1) is 0 Å². The Morgan fingerprint density at radius 2 is 1.85 bits per heavy atom. The van der Waals surface area contributed by atoms with Crippen LogP contribution in [0.4, 0.5) is 17.1 Å². The maximum absolute atomic E-state index is 11.0. The second-order valence-electron chi connectivity index (χ2n) is 4.82. The molecule has 0 amide bonds. The van der Waals surface area contributed by atoms with Crippen molar-refractivity contribution in [1.29, 1.82) is 0 Å². The average molecular weight is 281 g/mol. The first-order chi connectivity index (χ1) is 9.49. The number of non-ortho nitro benzene ring substituents is 1. The molecule has 0 bridgehead atoms. The Morgan fingerprint density at radius 1 is 1.15 bits per heavy atom. The highest BCUT2D eigenvalue weighted by atomic mass is 16.6. The fraction of sp³-hybridized carbons (Fsp3) is 0.500. The van der Waals surface area contributed by atoms with Gasteiger partial charge in [-0.25, -0.2) is 0 Å². The molecule has 1 saturated carbocycles. The molecule has 0 aliphatic heterocycles. The third kappa shape index (κ3) is 3.02. The zero-order valence-corrected chi connectivity index (χ0v) is 10.7. The minimum atomic E-state index is -0.674.